The van der Waals surface area contributed by atoms with E-state index in [1.807, 2.05) is 13.8 Å². The van der Waals surface area contributed by atoms with Crippen molar-refractivity contribution in [1.82, 2.24) is 0 Å². The standard InChI is InChI=1S/C42H66O17/c1-18-9-12-42(36(54)59-34-30(51)28(49)26(47)22(17-44)57-34)14-13-38(3)19(31(42)41(18,6)55)7-8-23-37(2)15-20(45)32(52)40(5,24(37)10-11-39(23,38)4)35(53)58-33-29(50)27(48)25(46)21(16-43)56-33/h7,18,20-34,43-52,55H,8-17H2,1-6H3/t18-,20-,21-,22-,23-,24-,25-,26-,27+,28+,29-,30-,31-,32+,33+,34+,37+,38-,39-,40-,41-,42+/m1/s1. The molecule has 0 aromatic heterocycles. The maximum absolute atomic E-state index is 14.6. The molecule has 0 aromatic carbocycles. The van der Waals surface area contributed by atoms with Gasteiger partial charge in [-0.15, -0.1) is 0 Å². The molecule has 2 saturated heterocycles. The Morgan fingerprint density at radius 3 is 1.80 bits per heavy atom. The number of hydrogen-bond acceptors (Lipinski definition) is 17. The predicted molar refractivity (Wildman–Crippen MR) is 202 cm³/mol. The van der Waals surface area contributed by atoms with E-state index in [0.29, 0.717) is 38.5 Å². The summed E-state index contributed by atoms with van der Waals surface area (Å²) in [6.45, 7) is 10.1. The van der Waals surface area contributed by atoms with Crippen LogP contribution in [0, 0.1) is 50.7 Å². The molecule has 6 fully saturated rings. The second-order valence-corrected chi connectivity index (χ2v) is 20.3. The van der Waals surface area contributed by atoms with Crippen molar-refractivity contribution < 1.29 is 84.7 Å². The molecule has 5 aliphatic carbocycles. The van der Waals surface area contributed by atoms with Gasteiger partial charge in [-0.3, -0.25) is 9.59 Å². The van der Waals surface area contributed by atoms with Crippen LogP contribution in [0.5, 0.6) is 0 Å². The Kier molecular flexibility index (Phi) is 11.6. The zero-order valence-electron chi connectivity index (χ0n) is 34.8. The number of ether oxygens (including phenoxy) is 4. The first-order valence-corrected chi connectivity index (χ1v) is 21.2. The lowest BCUT2D eigenvalue weighted by molar-refractivity contribution is -0.303. The van der Waals surface area contributed by atoms with Crippen LogP contribution in [-0.2, 0) is 28.5 Å². The van der Waals surface area contributed by atoms with Crippen molar-refractivity contribution >= 4 is 11.9 Å². The molecule has 22 atom stereocenters. The van der Waals surface area contributed by atoms with Crippen molar-refractivity contribution in [2.24, 2.45) is 50.7 Å². The number of aliphatic hydroxyl groups excluding tert-OH is 10. The minimum absolute atomic E-state index is 0.148. The van der Waals surface area contributed by atoms with E-state index in [0.717, 1.165) is 5.57 Å². The van der Waals surface area contributed by atoms with Crippen LogP contribution in [0.1, 0.15) is 92.9 Å². The first kappa shape index (κ1) is 45.2. The summed E-state index contributed by atoms with van der Waals surface area (Å²) in [4.78, 5) is 29.0. The average Bonchev–Trinajstić information content (AvgIpc) is 3.18. The summed E-state index contributed by atoms with van der Waals surface area (Å²) in [5.74, 6) is -3.41. The molecule has 336 valence electrons. The topological polar surface area (TPSA) is 294 Å². The smallest absolute Gasteiger partial charge is 0.317 e. The van der Waals surface area contributed by atoms with Crippen LogP contribution in [0.25, 0.3) is 0 Å². The van der Waals surface area contributed by atoms with Gasteiger partial charge >= 0.3 is 11.9 Å². The highest BCUT2D eigenvalue weighted by Gasteiger charge is 2.74. The zero-order chi connectivity index (χ0) is 43.6. The van der Waals surface area contributed by atoms with E-state index in [1.165, 1.54) is 6.92 Å². The number of aliphatic hydroxyl groups is 11. The highest BCUT2D eigenvalue weighted by Crippen LogP contribution is 2.76. The maximum atomic E-state index is 14.6. The molecule has 7 aliphatic rings. The van der Waals surface area contributed by atoms with Crippen LogP contribution in [0.15, 0.2) is 11.6 Å². The van der Waals surface area contributed by atoms with Crippen molar-refractivity contribution in [2.75, 3.05) is 13.2 Å². The van der Waals surface area contributed by atoms with Gasteiger partial charge in [0.25, 0.3) is 0 Å². The van der Waals surface area contributed by atoms with Gasteiger partial charge in [-0.25, -0.2) is 0 Å². The molecule has 0 unspecified atom stereocenters. The molecule has 17 heteroatoms. The fraction of sp³-hybridized carbons (Fsp3) is 0.905. The van der Waals surface area contributed by atoms with Gasteiger partial charge in [0.2, 0.25) is 12.6 Å². The first-order chi connectivity index (χ1) is 27.4. The van der Waals surface area contributed by atoms with Gasteiger partial charge in [0.05, 0.1) is 41.9 Å². The van der Waals surface area contributed by atoms with Gasteiger partial charge in [0, 0.05) is 5.92 Å². The van der Waals surface area contributed by atoms with Gasteiger partial charge in [0.1, 0.15) is 48.8 Å². The Morgan fingerprint density at radius 2 is 1.25 bits per heavy atom. The normalized spacial score (nSPS) is 56.0. The van der Waals surface area contributed by atoms with Gasteiger partial charge < -0.3 is 75.1 Å². The van der Waals surface area contributed by atoms with Crippen LogP contribution < -0.4 is 0 Å². The van der Waals surface area contributed by atoms with Crippen LogP contribution in [-0.4, -0.2) is 161 Å². The Hall–Kier alpha value is -1.84. The number of rotatable bonds is 6. The Bertz CT molecular complexity index is 1650. The molecule has 0 aromatic rings. The Labute approximate surface area is 343 Å². The summed E-state index contributed by atoms with van der Waals surface area (Å²) in [6.07, 6.45) is -14.3. The van der Waals surface area contributed by atoms with E-state index in [1.54, 1.807) is 6.92 Å². The Morgan fingerprint density at radius 1 is 0.712 bits per heavy atom. The van der Waals surface area contributed by atoms with E-state index in [2.05, 4.69) is 19.9 Å². The quantitative estimate of drug-likeness (QED) is 0.110. The fourth-order valence-corrected chi connectivity index (χ4v) is 13.7. The van der Waals surface area contributed by atoms with Crippen molar-refractivity contribution in [1.29, 1.82) is 0 Å². The lowest BCUT2D eigenvalue weighted by Crippen LogP contribution is -2.70. The highest BCUT2D eigenvalue weighted by atomic mass is 16.7. The molecule has 17 nitrogen and oxygen atoms in total. The third-order valence-electron chi connectivity index (χ3n) is 17.7. The van der Waals surface area contributed by atoms with Crippen molar-refractivity contribution in [3.8, 4) is 0 Å². The van der Waals surface area contributed by atoms with Gasteiger partial charge in [-0.1, -0.05) is 39.3 Å². The summed E-state index contributed by atoms with van der Waals surface area (Å²) >= 11 is 0. The third kappa shape index (κ3) is 6.26. The molecule has 0 amide bonds. The molecule has 0 spiro atoms. The van der Waals surface area contributed by atoms with E-state index >= 15 is 0 Å². The van der Waals surface area contributed by atoms with E-state index < -0.39 is 143 Å². The number of esters is 2. The second-order valence-electron chi connectivity index (χ2n) is 20.3. The molecule has 0 bridgehead atoms. The maximum Gasteiger partial charge on any atom is 0.317 e. The summed E-state index contributed by atoms with van der Waals surface area (Å²) in [7, 11) is 0. The Balaban J connectivity index is 1.23. The molecule has 2 heterocycles. The van der Waals surface area contributed by atoms with Gasteiger partial charge in [-0.05, 0) is 99.2 Å². The molecule has 11 N–H and O–H groups in total. The molecule has 0 radical (unpaired) electrons. The summed E-state index contributed by atoms with van der Waals surface area (Å²) in [6, 6.07) is 0. The molecule has 2 aliphatic heterocycles. The van der Waals surface area contributed by atoms with Crippen molar-refractivity contribution in [2.45, 2.75) is 172 Å². The summed E-state index contributed by atoms with van der Waals surface area (Å²) in [5.41, 5.74) is -5.44. The minimum Gasteiger partial charge on any atom is -0.432 e. The zero-order valence-corrected chi connectivity index (χ0v) is 34.8. The number of carbonyl (C=O) groups excluding carboxylic acids is 2. The second kappa shape index (κ2) is 15.2. The predicted octanol–water partition coefficient (Wildman–Crippen LogP) is -1.24. The average molecular weight is 843 g/mol. The lowest BCUT2D eigenvalue weighted by Gasteiger charge is -2.72. The molecular formula is C42H66O17. The van der Waals surface area contributed by atoms with Crippen LogP contribution >= 0.6 is 0 Å². The number of allylic oxidation sites excluding steroid dienone is 1. The highest BCUT2D eigenvalue weighted by molar-refractivity contribution is 5.80. The molecule has 7 rings (SSSR count). The largest absolute Gasteiger partial charge is 0.432 e. The fourth-order valence-electron chi connectivity index (χ4n) is 13.7. The molecule has 4 saturated carbocycles. The number of carbonyl (C=O) groups is 2. The van der Waals surface area contributed by atoms with Crippen molar-refractivity contribution in [3.63, 3.8) is 0 Å². The number of hydrogen-bond donors (Lipinski definition) is 11. The summed E-state index contributed by atoms with van der Waals surface area (Å²) < 4.78 is 22.6. The van der Waals surface area contributed by atoms with Gasteiger partial charge in [-0.2, -0.15) is 0 Å². The first-order valence-electron chi connectivity index (χ1n) is 21.2. The number of fused-ring (bicyclic) bond motifs is 7. The minimum atomic E-state index is -1.86. The molecular weight excluding hydrogens is 776 g/mol. The van der Waals surface area contributed by atoms with Crippen LogP contribution in [0.4, 0.5) is 0 Å². The van der Waals surface area contributed by atoms with E-state index in [-0.39, 0.29) is 24.7 Å². The monoisotopic (exact) mass is 842 g/mol. The van der Waals surface area contributed by atoms with Crippen LogP contribution in [0.2, 0.25) is 0 Å². The van der Waals surface area contributed by atoms with Crippen molar-refractivity contribution in [3.05, 3.63) is 11.6 Å². The van der Waals surface area contributed by atoms with E-state index in [9.17, 15) is 65.8 Å². The molecule has 59 heavy (non-hydrogen) atoms. The third-order valence-corrected chi connectivity index (χ3v) is 17.7. The lowest BCUT2D eigenvalue weighted by atomic mass is 9.33. The van der Waals surface area contributed by atoms with Gasteiger partial charge in [0.15, 0.2) is 0 Å². The van der Waals surface area contributed by atoms with E-state index in [4.69, 9.17) is 18.9 Å². The SMILES string of the molecule is C[C@@H]1CC[C@]2(C(=O)O[C@@H]3O[C@H](CO)[C@@H](O)[C@H](O)[C@H]3O)CC[C@]3(C)C(=CC[C@@H]4[C@]5(C)C[C@@H](O)[C@H](O)[C@](C)(C(=O)O[C@@H]6O[C@H](CO)[C@@H](O)[C@H](O)[C@H]6O)[C@@H]5CC[C@]43C)[C@@H]2[C@]1(C)O. The van der Waals surface area contributed by atoms with Crippen LogP contribution in [0.3, 0.4) is 0 Å². The summed E-state index contributed by atoms with van der Waals surface area (Å²) in [5, 5.41) is 118.